The minimum absolute atomic E-state index is 0.143. The third-order valence-corrected chi connectivity index (χ3v) is 6.81. The third kappa shape index (κ3) is 3.92. The summed E-state index contributed by atoms with van der Waals surface area (Å²) in [6.45, 7) is -0.432. The average Bonchev–Trinajstić information content (AvgIpc) is 3.03. The van der Waals surface area contributed by atoms with Crippen LogP contribution < -0.4 is 10.6 Å². The van der Waals surface area contributed by atoms with Crippen LogP contribution in [0.3, 0.4) is 0 Å². The van der Waals surface area contributed by atoms with Crippen molar-refractivity contribution in [3.63, 3.8) is 0 Å². The number of hydrogen-bond donors (Lipinski definition) is 2. The summed E-state index contributed by atoms with van der Waals surface area (Å²) in [5.41, 5.74) is -0.144. The third-order valence-electron chi connectivity index (χ3n) is 5.93. The number of nitrogens with one attached hydrogen (secondary N) is 2. The van der Waals surface area contributed by atoms with Crippen LogP contribution in [0.5, 0.6) is 0 Å². The number of rotatable bonds is 5. The summed E-state index contributed by atoms with van der Waals surface area (Å²) >= 11 is 1.46. The van der Waals surface area contributed by atoms with E-state index >= 15 is 0 Å². The Kier molecular flexibility index (Phi) is 4.73. The van der Waals surface area contributed by atoms with E-state index in [2.05, 4.69) is 10.6 Å². The van der Waals surface area contributed by atoms with Crippen molar-refractivity contribution >= 4 is 29.2 Å². The molecule has 0 spiro atoms. The molecule has 4 aliphatic carbocycles. The van der Waals surface area contributed by atoms with Crippen LogP contribution in [0.1, 0.15) is 43.4 Å². The first-order valence-electron chi connectivity index (χ1n) is 9.30. The van der Waals surface area contributed by atoms with Gasteiger partial charge in [0.2, 0.25) is 0 Å². The first kappa shape index (κ1) is 17.5. The molecule has 0 aliphatic heterocycles. The molecule has 4 fully saturated rings. The van der Waals surface area contributed by atoms with Gasteiger partial charge in [-0.1, -0.05) is 6.07 Å². The summed E-state index contributed by atoms with van der Waals surface area (Å²) in [6.07, 6.45) is 7.10. The number of hydrogen-bond acceptors (Lipinski definition) is 5. The van der Waals surface area contributed by atoms with E-state index in [1.807, 2.05) is 17.5 Å². The van der Waals surface area contributed by atoms with E-state index < -0.39 is 24.5 Å². The number of thiophene rings is 1. The van der Waals surface area contributed by atoms with Crippen molar-refractivity contribution in [3.8, 4) is 0 Å². The molecule has 1 heterocycles. The van der Waals surface area contributed by atoms with Crippen LogP contribution in [0.15, 0.2) is 17.5 Å². The molecule has 26 heavy (non-hydrogen) atoms. The van der Waals surface area contributed by atoms with Gasteiger partial charge in [0.15, 0.2) is 6.61 Å². The summed E-state index contributed by atoms with van der Waals surface area (Å²) in [6, 6.07) is 3.23. The molecule has 1 aromatic rings. The maximum Gasteiger partial charge on any atom is 0.321 e. The zero-order chi connectivity index (χ0) is 18.1. The Morgan fingerprint density at radius 2 is 1.77 bits per heavy atom. The zero-order valence-electron chi connectivity index (χ0n) is 14.7. The number of carbonyl (C=O) groups excluding carboxylic acids is 3. The van der Waals surface area contributed by atoms with Gasteiger partial charge < -0.3 is 10.1 Å². The zero-order valence-corrected chi connectivity index (χ0v) is 15.5. The lowest BCUT2D eigenvalue weighted by Crippen LogP contribution is -2.62. The number of esters is 1. The standard InChI is InChI=1S/C19H24N2O4S/c22-16(11-25-17(23)7-15-2-1-3-26-15)20-18(24)21-19-8-12-4-13(9-19)6-14(5-12)10-19/h1-3,12-14H,4-11H2,(H2,20,21,22,24). The molecule has 0 aromatic carbocycles. The molecule has 1 aromatic heterocycles. The van der Waals surface area contributed by atoms with E-state index in [0.29, 0.717) is 0 Å². The molecule has 3 amide bonds. The van der Waals surface area contributed by atoms with Gasteiger partial charge in [0.1, 0.15) is 0 Å². The second-order valence-corrected chi connectivity index (χ2v) is 9.15. The molecule has 140 valence electrons. The molecule has 4 aliphatic rings. The SMILES string of the molecule is O=C(COC(=O)Cc1cccs1)NC(=O)NC12CC3CC(CC(C3)C1)C2. The molecule has 0 radical (unpaired) electrons. The van der Waals surface area contributed by atoms with Gasteiger partial charge in [-0.25, -0.2) is 4.79 Å². The second-order valence-electron chi connectivity index (χ2n) is 8.12. The number of imide groups is 1. The predicted octanol–water partition coefficient (Wildman–Crippen LogP) is 2.63. The Morgan fingerprint density at radius 3 is 2.35 bits per heavy atom. The van der Waals surface area contributed by atoms with E-state index in [1.54, 1.807) is 0 Å². The van der Waals surface area contributed by atoms with Crippen LogP contribution in [0, 0.1) is 17.8 Å². The van der Waals surface area contributed by atoms with Gasteiger partial charge in [0, 0.05) is 10.4 Å². The maximum atomic E-state index is 12.3. The van der Waals surface area contributed by atoms with E-state index in [-0.39, 0.29) is 12.0 Å². The minimum atomic E-state index is -0.591. The summed E-state index contributed by atoms with van der Waals surface area (Å²) in [7, 11) is 0. The number of amides is 3. The molecule has 5 rings (SSSR count). The van der Waals surface area contributed by atoms with Gasteiger partial charge in [-0.2, -0.15) is 0 Å². The van der Waals surface area contributed by atoms with Crippen LogP contribution in [0.2, 0.25) is 0 Å². The van der Waals surface area contributed by atoms with Crippen LogP contribution >= 0.6 is 11.3 Å². The molecule has 0 atom stereocenters. The van der Waals surface area contributed by atoms with E-state index in [4.69, 9.17) is 4.74 Å². The van der Waals surface area contributed by atoms with Crippen molar-refractivity contribution in [2.45, 2.75) is 50.5 Å². The number of ether oxygens (including phenoxy) is 1. The van der Waals surface area contributed by atoms with Gasteiger partial charge in [0.25, 0.3) is 5.91 Å². The fraction of sp³-hybridized carbons (Fsp3) is 0.632. The Labute approximate surface area is 156 Å². The highest BCUT2D eigenvalue weighted by atomic mass is 32.1. The average molecular weight is 376 g/mol. The van der Waals surface area contributed by atoms with Crippen molar-refractivity contribution in [1.82, 2.24) is 10.6 Å². The topological polar surface area (TPSA) is 84.5 Å². The van der Waals surface area contributed by atoms with Gasteiger partial charge in [0.05, 0.1) is 6.42 Å². The highest BCUT2D eigenvalue weighted by Gasteiger charge is 2.51. The molecular weight excluding hydrogens is 352 g/mol. The molecule has 0 saturated heterocycles. The number of urea groups is 1. The predicted molar refractivity (Wildman–Crippen MR) is 96.6 cm³/mol. The lowest BCUT2D eigenvalue weighted by Gasteiger charge is -2.56. The van der Waals surface area contributed by atoms with E-state index in [9.17, 15) is 14.4 Å². The smallest absolute Gasteiger partial charge is 0.321 e. The maximum absolute atomic E-state index is 12.3. The highest BCUT2D eigenvalue weighted by Crippen LogP contribution is 2.55. The molecular formula is C19H24N2O4S. The molecule has 6 nitrogen and oxygen atoms in total. The first-order valence-corrected chi connectivity index (χ1v) is 10.2. The normalized spacial score (nSPS) is 31.5. The van der Waals surface area contributed by atoms with Crippen LogP contribution in [0.25, 0.3) is 0 Å². The highest BCUT2D eigenvalue weighted by molar-refractivity contribution is 7.10. The van der Waals surface area contributed by atoms with Gasteiger partial charge >= 0.3 is 12.0 Å². The number of carbonyl (C=O) groups is 3. The fourth-order valence-corrected chi connectivity index (χ4v) is 6.14. The Morgan fingerprint density at radius 1 is 1.12 bits per heavy atom. The molecule has 7 heteroatoms. The molecule has 4 bridgehead atoms. The summed E-state index contributed by atoms with van der Waals surface area (Å²) in [4.78, 5) is 36.7. The van der Waals surface area contributed by atoms with Crippen LogP contribution in [-0.2, 0) is 20.7 Å². The monoisotopic (exact) mass is 376 g/mol. The minimum Gasteiger partial charge on any atom is -0.455 e. The second kappa shape index (κ2) is 7.02. The quantitative estimate of drug-likeness (QED) is 0.774. The summed E-state index contributed by atoms with van der Waals surface area (Å²) in [5.74, 6) is 1.09. The van der Waals surface area contributed by atoms with Gasteiger partial charge in [-0.05, 0) is 67.7 Å². The Balaban J connectivity index is 1.22. The molecule has 0 unspecified atom stereocenters. The van der Waals surface area contributed by atoms with Crippen molar-refractivity contribution in [2.24, 2.45) is 17.8 Å². The molecule has 4 saturated carbocycles. The fourth-order valence-electron chi connectivity index (χ4n) is 5.45. The lowest BCUT2D eigenvalue weighted by molar-refractivity contribution is -0.147. The van der Waals surface area contributed by atoms with Gasteiger partial charge in [-0.3, -0.25) is 14.9 Å². The van der Waals surface area contributed by atoms with Crippen molar-refractivity contribution < 1.29 is 19.1 Å². The van der Waals surface area contributed by atoms with Crippen molar-refractivity contribution in [1.29, 1.82) is 0 Å². The Bertz CT molecular complexity index is 665. The lowest BCUT2D eigenvalue weighted by atomic mass is 9.53. The van der Waals surface area contributed by atoms with E-state index in [0.717, 1.165) is 41.9 Å². The first-order chi connectivity index (χ1) is 12.5. The van der Waals surface area contributed by atoms with Crippen molar-refractivity contribution in [3.05, 3.63) is 22.4 Å². The van der Waals surface area contributed by atoms with E-state index in [1.165, 1.54) is 30.6 Å². The summed E-state index contributed by atoms with van der Waals surface area (Å²) < 4.78 is 4.95. The van der Waals surface area contributed by atoms with Gasteiger partial charge in [-0.15, -0.1) is 11.3 Å². The van der Waals surface area contributed by atoms with Crippen LogP contribution in [-0.4, -0.2) is 30.1 Å². The van der Waals surface area contributed by atoms with Crippen molar-refractivity contribution in [2.75, 3.05) is 6.61 Å². The summed E-state index contributed by atoms with van der Waals surface area (Å²) in [5, 5.41) is 7.25. The Hall–Kier alpha value is -1.89. The van der Waals surface area contributed by atoms with Crippen LogP contribution in [0.4, 0.5) is 4.79 Å². The largest absolute Gasteiger partial charge is 0.455 e. The molecule has 2 N–H and O–H groups in total.